The van der Waals surface area contributed by atoms with Crippen molar-refractivity contribution in [1.82, 2.24) is 20.2 Å². The molecule has 8 nitrogen and oxygen atoms in total. The van der Waals surface area contributed by atoms with E-state index < -0.39 is 23.7 Å². The summed E-state index contributed by atoms with van der Waals surface area (Å²) in [5.41, 5.74) is 10.2. The summed E-state index contributed by atoms with van der Waals surface area (Å²) in [5, 5.41) is 8.04. The molecule has 0 bridgehead atoms. The molecule has 0 radical (unpaired) electrons. The molecule has 148 valence electrons. The Morgan fingerprint density at radius 1 is 1.10 bits per heavy atom. The molecule has 0 amide bonds. The predicted octanol–water partition coefficient (Wildman–Crippen LogP) is 1.88. The summed E-state index contributed by atoms with van der Waals surface area (Å²) in [6.45, 7) is 1.83. The van der Waals surface area contributed by atoms with Crippen LogP contribution in [0.15, 0.2) is 46.6 Å². The summed E-state index contributed by atoms with van der Waals surface area (Å²) in [6.07, 6.45) is -2.50. The number of aromatic nitrogens is 4. The number of fused-ring (bicyclic) bond motifs is 1. The lowest BCUT2D eigenvalue weighted by Gasteiger charge is -2.35. The number of nitrogens with two attached hydrogens (primary N) is 2. The smallest absolute Gasteiger partial charge is 0.386 e. The minimum Gasteiger partial charge on any atom is -0.386 e. The Hall–Kier alpha value is -3.47. The number of aryl methyl sites for hydroxylation is 1. The van der Waals surface area contributed by atoms with E-state index >= 15 is 0 Å². The Kier molecular flexibility index (Phi) is 4.26. The minimum absolute atomic E-state index is 0.102. The highest BCUT2D eigenvalue weighted by atomic mass is 19.4. The van der Waals surface area contributed by atoms with Crippen LogP contribution in [0, 0.1) is 6.92 Å². The summed E-state index contributed by atoms with van der Waals surface area (Å²) in [7, 11) is 0. The topological polar surface area (TPSA) is 128 Å². The van der Waals surface area contributed by atoms with E-state index in [4.69, 9.17) is 11.5 Å². The number of halogens is 3. The normalized spacial score (nSPS) is 22.0. The van der Waals surface area contributed by atoms with Crippen molar-refractivity contribution in [2.24, 2.45) is 21.5 Å². The van der Waals surface area contributed by atoms with Crippen LogP contribution in [-0.4, -0.2) is 44.7 Å². The lowest BCUT2D eigenvalue weighted by molar-refractivity contribution is -0.150. The average molecular weight is 400 g/mol. The van der Waals surface area contributed by atoms with Crippen molar-refractivity contribution in [3.05, 3.63) is 47.8 Å². The quantitative estimate of drug-likeness (QED) is 0.676. The third kappa shape index (κ3) is 2.90. The van der Waals surface area contributed by atoms with Gasteiger partial charge in [-0.1, -0.05) is 0 Å². The maximum absolute atomic E-state index is 14.2. The van der Waals surface area contributed by atoms with Gasteiger partial charge in [0.05, 0.1) is 5.69 Å². The molecule has 1 aliphatic heterocycles. The number of pyridine rings is 2. The number of amidine groups is 1. The van der Waals surface area contributed by atoms with E-state index in [1.165, 1.54) is 18.3 Å². The van der Waals surface area contributed by atoms with Gasteiger partial charge in [-0.25, -0.2) is 15.0 Å². The highest BCUT2D eigenvalue weighted by molar-refractivity contribution is 6.11. The summed E-state index contributed by atoms with van der Waals surface area (Å²) in [4.78, 5) is 15.8. The van der Waals surface area contributed by atoms with Crippen molar-refractivity contribution in [2.45, 2.75) is 24.8 Å². The number of rotatable bonds is 2. The highest BCUT2D eigenvalue weighted by Crippen LogP contribution is 2.43. The maximum atomic E-state index is 14.2. The first kappa shape index (κ1) is 18.9. The molecule has 0 aliphatic carbocycles. The molecule has 0 spiro atoms. The molecule has 4 rings (SSSR count). The Bertz CT molecular complexity index is 1160. The zero-order valence-electron chi connectivity index (χ0n) is 15.1. The molecular weight excluding hydrogens is 385 g/mol. The molecule has 1 aliphatic rings. The fourth-order valence-corrected chi connectivity index (χ4v) is 3.26. The van der Waals surface area contributed by atoms with Crippen molar-refractivity contribution in [3.63, 3.8) is 0 Å². The molecule has 4 N–H and O–H groups in total. The van der Waals surface area contributed by atoms with Gasteiger partial charge in [-0.05, 0) is 42.3 Å². The Morgan fingerprint density at radius 2 is 1.90 bits per heavy atom. The van der Waals surface area contributed by atoms with Gasteiger partial charge in [0.25, 0.3) is 0 Å². The molecule has 0 fully saturated rings. The molecule has 4 heterocycles. The highest BCUT2D eigenvalue weighted by Gasteiger charge is 2.60. The maximum Gasteiger partial charge on any atom is 0.410 e. The van der Waals surface area contributed by atoms with Crippen LogP contribution in [0.4, 0.5) is 13.2 Å². The van der Waals surface area contributed by atoms with Gasteiger partial charge < -0.3 is 5.73 Å². The first-order chi connectivity index (χ1) is 13.7. The van der Waals surface area contributed by atoms with Crippen molar-refractivity contribution in [3.8, 4) is 11.4 Å². The molecule has 3 aromatic rings. The number of aliphatic imine (C=N–C) groups is 2. The van der Waals surface area contributed by atoms with E-state index in [1.807, 2.05) is 6.92 Å². The summed E-state index contributed by atoms with van der Waals surface area (Å²) in [5.74, 6) is -0.686. The minimum atomic E-state index is -4.81. The van der Waals surface area contributed by atoms with Gasteiger partial charge in [-0.15, -0.1) is 5.10 Å². The standard InChI is InChI=1S/C18H15F3N8/c1-9-4-7-26-29-13(9)12-3-2-10-11(5-6-24-14(10)27-12)17(18(19,20)21)8-25-16(23)28-15(17)22/h2-8,16H,23H2,1H3,(H2,22,28). The Morgan fingerprint density at radius 3 is 2.59 bits per heavy atom. The fraction of sp³-hybridized carbons (Fsp3) is 0.222. The zero-order valence-corrected chi connectivity index (χ0v) is 15.1. The van der Waals surface area contributed by atoms with E-state index in [0.29, 0.717) is 17.6 Å². The number of nitrogens with zero attached hydrogens (tertiary/aromatic N) is 6. The van der Waals surface area contributed by atoms with Crippen LogP contribution in [0.5, 0.6) is 0 Å². The zero-order chi connectivity index (χ0) is 20.8. The third-order valence-corrected chi connectivity index (χ3v) is 4.74. The molecule has 2 atom stereocenters. The number of hydrogen-bond acceptors (Lipinski definition) is 8. The fourth-order valence-electron chi connectivity index (χ4n) is 3.26. The van der Waals surface area contributed by atoms with Gasteiger partial charge in [-0.3, -0.25) is 10.7 Å². The molecule has 3 aromatic heterocycles. The van der Waals surface area contributed by atoms with Gasteiger partial charge in [0.15, 0.2) is 17.4 Å². The van der Waals surface area contributed by atoms with E-state index in [-0.39, 0.29) is 16.6 Å². The van der Waals surface area contributed by atoms with Crippen molar-refractivity contribution >= 4 is 23.1 Å². The number of hydrogen-bond donors (Lipinski definition) is 2. The second-order valence-electron chi connectivity index (χ2n) is 6.50. The van der Waals surface area contributed by atoms with Crippen LogP contribution in [-0.2, 0) is 5.41 Å². The molecule has 0 saturated carbocycles. The molecule has 0 aromatic carbocycles. The first-order valence-electron chi connectivity index (χ1n) is 8.49. The van der Waals surface area contributed by atoms with Gasteiger partial charge in [0.1, 0.15) is 11.5 Å². The number of alkyl halides is 3. The lowest BCUT2D eigenvalue weighted by atomic mass is 9.77. The lowest BCUT2D eigenvalue weighted by Crippen LogP contribution is -2.56. The molecule has 2 unspecified atom stereocenters. The molecule has 29 heavy (non-hydrogen) atoms. The molecular formula is C18H15F3N8. The van der Waals surface area contributed by atoms with Gasteiger partial charge >= 0.3 is 6.18 Å². The van der Waals surface area contributed by atoms with Crippen molar-refractivity contribution < 1.29 is 13.2 Å². The van der Waals surface area contributed by atoms with Gasteiger partial charge in [0, 0.05) is 24.0 Å². The molecule has 11 heteroatoms. The Labute approximate surface area is 162 Å². The van der Waals surface area contributed by atoms with E-state index in [1.54, 1.807) is 18.3 Å². The van der Waals surface area contributed by atoms with Crippen LogP contribution >= 0.6 is 0 Å². The van der Waals surface area contributed by atoms with E-state index in [2.05, 4.69) is 30.2 Å². The Balaban J connectivity index is 1.96. The average Bonchev–Trinajstić information content (AvgIpc) is 2.67. The predicted molar refractivity (Wildman–Crippen MR) is 101 cm³/mol. The van der Waals surface area contributed by atoms with E-state index in [9.17, 15) is 13.2 Å². The summed E-state index contributed by atoms with van der Waals surface area (Å²) < 4.78 is 42.7. The second-order valence-corrected chi connectivity index (χ2v) is 6.50. The van der Waals surface area contributed by atoms with Gasteiger partial charge in [-0.2, -0.15) is 18.3 Å². The van der Waals surface area contributed by atoms with Crippen LogP contribution in [0.3, 0.4) is 0 Å². The van der Waals surface area contributed by atoms with Crippen molar-refractivity contribution in [1.29, 1.82) is 0 Å². The van der Waals surface area contributed by atoms with E-state index in [0.717, 1.165) is 5.56 Å². The largest absolute Gasteiger partial charge is 0.410 e. The summed E-state index contributed by atoms with van der Waals surface area (Å²) in [6, 6.07) is 6.05. The molecule has 0 saturated heterocycles. The first-order valence-corrected chi connectivity index (χ1v) is 8.49. The van der Waals surface area contributed by atoms with Crippen LogP contribution < -0.4 is 11.5 Å². The van der Waals surface area contributed by atoms with Crippen LogP contribution in [0.1, 0.15) is 11.1 Å². The van der Waals surface area contributed by atoms with Crippen LogP contribution in [0.2, 0.25) is 0 Å². The monoisotopic (exact) mass is 400 g/mol. The SMILES string of the molecule is Cc1ccnnc1-c1ccc2c(C3(C(F)(F)F)C=NC(N)N=C3N)ccnc2n1. The third-order valence-electron chi connectivity index (χ3n) is 4.74. The van der Waals surface area contributed by atoms with Crippen molar-refractivity contribution in [2.75, 3.05) is 0 Å². The summed E-state index contributed by atoms with van der Waals surface area (Å²) >= 11 is 0. The van der Waals surface area contributed by atoms with Crippen LogP contribution in [0.25, 0.3) is 22.4 Å². The van der Waals surface area contributed by atoms with Gasteiger partial charge in [0.2, 0.25) is 0 Å². The second kappa shape index (κ2) is 6.55.